The van der Waals surface area contributed by atoms with Gasteiger partial charge in [0.05, 0.1) is 5.41 Å². The summed E-state index contributed by atoms with van der Waals surface area (Å²) in [7, 11) is 0. The Kier molecular flexibility index (Phi) is 4.92. The number of carbonyl (C=O) groups is 2. The Morgan fingerprint density at radius 3 is 2.31 bits per heavy atom. The zero-order valence-electron chi connectivity index (χ0n) is 16.2. The van der Waals surface area contributed by atoms with Crippen LogP contribution < -0.4 is 0 Å². The number of nitrogens with zero attached hydrogens (tertiary/aromatic N) is 2. The predicted molar refractivity (Wildman–Crippen MR) is 108 cm³/mol. The van der Waals surface area contributed by atoms with E-state index >= 15 is 0 Å². The van der Waals surface area contributed by atoms with Gasteiger partial charge in [0.15, 0.2) is 0 Å². The fourth-order valence-corrected chi connectivity index (χ4v) is 3.87. The lowest BCUT2D eigenvalue weighted by Crippen LogP contribution is -2.49. The number of likely N-dealkylation sites (tertiary alicyclic amines) is 1. The maximum absolute atomic E-state index is 12.9. The second-order valence-electron chi connectivity index (χ2n) is 7.49. The minimum Gasteiger partial charge on any atom is -0.481 e. The van der Waals surface area contributed by atoms with E-state index < -0.39 is 11.4 Å². The van der Waals surface area contributed by atoms with Crippen molar-refractivity contribution in [3.63, 3.8) is 0 Å². The monoisotopic (exact) mass is 390 g/mol. The molecular formula is C23H22N2O4. The molecule has 3 aromatic rings. The van der Waals surface area contributed by atoms with Gasteiger partial charge in [-0.25, -0.2) is 0 Å². The van der Waals surface area contributed by atoms with Gasteiger partial charge in [0.1, 0.15) is 5.69 Å². The lowest BCUT2D eigenvalue weighted by Gasteiger charge is -2.38. The molecule has 0 aliphatic carbocycles. The topological polar surface area (TPSA) is 83.6 Å². The van der Waals surface area contributed by atoms with Crippen LogP contribution in [0.1, 0.15) is 34.5 Å². The summed E-state index contributed by atoms with van der Waals surface area (Å²) in [6.07, 6.45) is 0.716. The van der Waals surface area contributed by atoms with Crippen molar-refractivity contribution in [3.05, 3.63) is 77.6 Å². The lowest BCUT2D eigenvalue weighted by molar-refractivity contribution is -0.145. The van der Waals surface area contributed by atoms with E-state index in [1.807, 2.05) is 61.5 Å². The molecule has 1 saturated heterocycles. The van der Waals surface area contributed by atoms with Crippen LogP contribution in [0, 0.1) is 6.92 Å². The van der Waals surface area contributed by atoms with E-state index in [0.717, 1.165) is 16.7 Å². The van der Waals surface area contributed by atoms with Gasteiger partial charge in [-0.3, -0.25) is 9.59 Å². The number of carboxylic acid groups (broad SMARTS) is 1. The van der Waals surface area contributed by atoms with Crippen LogP contribution in [0.3, 0.4) is 0 Å². The number of carboxylic acids is 1. The van der Waals surface area contributed by atoms with Crippen molar-refractivity contribution < 1.29 is 19.2 Å². The minimum atomic E-state index is -0.966. The third-order valence-electron chi connectivity index (χ3n) is 5.71. The summed E-state index contributed by atoms with van der Waals surface area (Å²) >= 11 is 0. The van der Waals surface area contributed by atoms with Crippen LogP contribution >= 0.6 is 0 Å². The number of hydrogen-bond donors (Lipinski definition) is 1. The molecule has 0 atom stereocenters. The maximum Gasteiger partial charge on any atom is 0.314 e. The fraction of sp³-hybridized carbons (Fsp3) is 0.261. The van der Waals surface area contributed by atoms with Crippen LogP contribution in [0.15, 0.2) is 65.2 Å². The Hall–Kier alpha value is -3.41. The quantitative estimate of drug-likeness (QED) is 0.730. The average molecular weight is 390 g/mol. The molecule has 6 nitrogen and oxygen atoms in total. The van der Waals surface area contributed by atoms with Crippen molar-refractivity contribution in [1.29, 1.82) is 0 Å². The van der Waals surface area contributed by atoms with Crippen LogP contribution in [0.2, 0.25) is 0 Å². The normalized spacial score (nSPS) is 15.8. The van der Waals surface area contributed by atoms with Gasteiger partial charge in [0.2, 0.25) is 5.76 Å². The molecule has 29 heavy (non-hydrogen) atoms. The molecule has 2 heterocycles. The number of amides is 1. The number of aryl methyl sites for hydroxylation is 1. The zero-order chi connectivity index (χ0) is 20.4. The third kappa shape index (κ3) is 3.53. The number of aliphatic carboxylic acids is 1. The van der Waals surface area contributed by atoms with Gasteiger partial charge in [-0.15, -0.1) is 0 Å². The molecule has 2 aromatic carbocycles. The first kappa shape index (κ1) is 18.9. The first-order valence-electron chi connectivity index (χ1n) is 9.61. The summed E-state index contributed by atoms with van der Waals surface area (Å²) in [5, 5.41) is 13.9. The molecule has 0 radical (unpaired) electrons. The molecule has 0 saturated carbocycles. The molecule has 1 aliphatic heterocycles. The number of aromatic nitrogens is 1. The maximum atomic E-state index is 12.9. The highest BCUT2D eigenvalue weighted by Gasteiger charge is 2.44. The number of benzene rings is 2. The van der Waals surface area contributed by atoms with E-state index in [-0.39, 0.29) is 11.7 Å². The van der Waals surface area contributed by atoms with Gasteiger partial charge >= 0.3 is 5.97 Å². The van der Waals surface area contributed by atoms with E-state index in [1.54, 1.807) is 11.0 Å². The smallest absolute Gasteiger partial charge is 0.314 e. The summed E-state index contributed by atoms with van der Waals surface area (Å²) in [6.45, 7) is 2.70. The van der Waals surface area contributed by atoms with Gasteiger partial charge in [0, 0.05) is 24.7 Å². The van der Waals surface area contributed by atoms with E-state index in [9.17, 15) is 14.7 Å². The molecule has 6 heteroatoms. The molecule has 1 aliphatic rings. The van der Waals surface area contributed by atoms with Crippen molar-refractivity contribution in [2.75, 3.05) is 13.1 Å². The van der Waals surface area contributed by atoms with Crippen LogP contribution in [-0.4, -0.2) is 40.1 Å². The van der Waals surface area contributed by atoms with Crippen molar-refractivity contribution in [2.45, 2.75) is 25.2 Å². The second-order valence-corrected chi connectivity index (χ2v) is 7.49. The standard InChI is InChI=1S/C23H22N2O4/c1-16-7-9-17(10-8-16)19-15-20(29-24-19)21(26)25-13-11-23(12-14-25,22(27)28)18-5-3-2-4-6-18/h2-10,15H,11-14H2,1H3,(H,27,28). The molecule has 148 valence electrons. The number of piperidine rings is 1. The molecule has 1 aromatic heterocycles. The molecular weight excluding hydrogens is 368 g/mol. The fourth-order valence-electron chi connectivity index (χ4n) is 3.87. The van der Waals surface area contributed by atoms with Gasteiger partial charge < -0.3 is 14.5 Å². The Balaban J connectivity index is 1.49. The van der Waals surface area contributed by atoms with E-state index in [1.165, 1.54) is 0 Å². The highest BCUT2D eigenvalue weighted by molar-refractivity contribution is 5.93. The number of carbonyl (C=O) groups excluding carboxylic acids is 1. The molecule has 1 fully saturated rings. The largest absolute Gasteiger partial charge is 0.481 e. The summed E-state index contributed by atoms with van der Waals surface area (Å²) in [4.78, 5) is 26.6. The van der Waals surface area contributed by atoms with Gasteiger partial charge in [0.25, 0.3) is 5.91 Å². The molecule has 1 amide bonds. The minimum absolute atomic E-state index is 0.170. The first-order valence-corrected chi connectivity index (χ1v) is 9.61. The third-order valence-corrected chi connectivity index (χ3v) is 5.71. The Morgan fingerprint density at radius 1 is 1.03 bits per heavy atom. The summed E-state index contributed by atoms with van der Waals surface area (Å²) in [6, 6.07) is 18.7. The summed E-state index contributed by atoms with van der Waals surface area (Å²) in [5.41, 5.74) is 2.44. The van der Waals surface area contributed by atoms with Gasteiger partial charge in [-0.2, -0.15) is 0 Å². The van der Waals surface area contributed by atoms with Crippen molar-refractivity contribution in [2.24, 2.45) is 0 Å². The van der Waals surface area contributed by atoms with Crippen molar-refractivity contribution in [1.82, 2.24) is 10.1 Å². The molecule has 0 bridgehead atoms. The molecule has 0 unspecified atom stereocenters. The second kappa shape index (κ2) is 7.54. The number of rotatable bonds is 4. The van der Waals surface area contributed by atoms with Crippen LogP contribution in [-0.2, 0) is 10.2 Å². The Morgan fingerprint density at radius 2 is 1.69 bits per heavy atom. The van der Waals surface area contributed by atoms with E-state index in [0.29, 0.717) is 31.6 Å². The van der Waals surface area contributed by atoms with Crippen LogP contribution in [0.4, 0.5) is 0 Å². The highest BCUT2D eigenvalue weighted by Crippen LogP contribution is 2.36. The van der Waals surface area contributed by atoms with Gasteiger partial charge in [-0.1, -0.05) is 65.3 Å². The lowest BCUT2D eigenvalue weighted by atomic mass is 9.73. The van der Waals surface area contributed by atoms with Crippen LogP contribution in [0.25, 0.3) is 11.3 Å². The van der Waals surface area contributed by atoms with E-state index in [2.05, 4.69) is 5.16 Å². The summed E-state index contributed by atoms with van der Waals surface area (Å²) < 4.78 is 5.29. The SMILES string of the molecule is Cc1ccc(-c2cc(C(=O)N3CCC(C(=O)O)(c4ccccc4)CC3)on2)cc1. The molecule has 4 rings (SSSR count). The van der Waals surface area contributed by atoms with Gasteiger partial charge in [-0.05, 0) is 25.3 Å². The average Bonchev–Trinajstić information content (AvgIpc) is 3.24. The highest BCUT2D eigenvalue weighted by atomic mass is 16.5. The zero-order valence-corrected chi connectivity index (χ0v) is 16.2. The summed E-state index contributed by atoms with van der Waals surface area (Å²) in [5.74, 6) is -0.942. The Labute approximate surface area is 168 Å². The first-order chi connectivity index (χ1) is 14.0. The molecule has 0 spiro atoms. The van der Waals surface area contributed by atoms with Crippen molar-refractivity contribution in [3.8, 4) is 11.3 Å². The number of hydrogen-bond acceptors (Lipinski definition) is 4. The molecule has 1 N–H and O–H groups in total. The van der Waals surface area contributed by atoms with E-state index in [4.69, 9.17) is 4.52 Å². The van der Waals surface area contributed by atoms with Crippen LogP contribution in [0.5, 0.6) is 0 Å². The van der Waals surface area contributed by atoms with Crippen molar-refractivity contribution >= 4 is 11.9 Å². The Bertz CT molecular complexity index is 1020. The predicted octanol–water partition coefficient (Wildman–Crippen LogP) is 3.91.